The lowest BCUT2D eigenvalue weighted by atomic mass is 10.2. The van der Waals surface area contributed by atoms with Crippen LogP contribution in [0.4, 0.5) is 17.1 Å². The smallest absolute Gasteiger partial charge is 0.246 e. The van der Waals surface area contributed by atoms with Crippen molar-refractivity contribution in [3.8, 4) is 0 Å². The number of nitrogens with zero attached hydrogens (tertiary/aromatic N) is 1. The van der Waals surface area contributed by atoms with E-state index in [1.165, 1.54) is 6.92 Å². The fourth-order valence-electron chi connectivity index (χ4n) is 2.26. The van der Waals surface area contributed by atoms with E-state index < -0.39 is 0 Å². The van der Waals surface area contributed by atoms with Crippen molar-refractivity contribution in [2.24, 2.45) is 0 Å². The number of rotatable bonds is 6. The highest BCUT2D eigenvalue weighted by Crippen LogP contribution is 2.15. The van der Waals surface area contributed by atoms with Gasteiger partial charge in [-0.25, -0.2) is 0 Å². The summed E-state index contributed by atoms with van der Waals surface area (Å²) in [5.74, 6) is -0.105. The third-order valence-electron chi connectivity index (χ3n) is 3.33. The fourth-order valence-corrected chi connectivity index (χ4v) is 2.26. The molecule has 2 aromatic rings. The van der Waals surface area contributed by atoms with Gasteiger partial charge in [0.15, 0.2) is 0 Å². The van der Waals surface area contributed by atoms with Gasteiger partial charge < -0.3 is 15.5 Å². The van der Waals surface area contributed by atoms with E-state index in [4.69, 9.17) is 0 Å². The van der Waals surface area contributed by atoms with Crippen molar-refractivity contribution in [2.75, 3.05) is 28.6 Å². The Labute approximate surface area is 136 Å². The lowest BCUT2D eigenvalue weighted by Gasteiger charge is -2.21. The van der Waals surface area contributed by atoms with Gasteiger partial charge >= 0.3 is 0 Å². The molecule has 120 valence electrons. The molecule has 23 heavy (non-hydrogen) atoms. The van der Waals surface area contributed by atoms with Gasteiger partial charge in [0.1, 0.15) is 0 Å². The molecule has 0 aliphatic heterocycles. The summed E-state index contributed by atoms with van der Waals surface area (Å²) in [4.78, 5) is 25.1. The summed E-state index contributed by atoms with van der Waals surface area (Å²) in [5.41, 5.74) is 2.45. The van der Waals surface area contributed by atoms with Crippen LogP contribution in [0, 0.1) is 0 Å². The Bertz CT molecular complexity index is 654. The Morgan fingerprint density at radius 3 is 2.13 bits per heavy atom. The summed E-state index contributed by atoms with van der Waals surface area (Å²) < 4.78 is 0. The second-order valence-corrected chi connectivity index (χ2v) is 5.09. The zero-order valence-electron chi connectivity index (χ0n) is 13.4. The number of amides is 2. The Hall–Kier alpha value is -2.82. The molecule has 5 nitrogen and oxygen atoms in total. The Morgan fingerprint density at radius 2 is 1.57 bits per heavy atom. The maximum Gasteiger partial charge on any atom is 0.246 e. The number of carbonyl (C=O) groups excluding carboxylic acids is 2. The number of carbonyl (C=O) groups is 2. The highest BCUT2D eigenvalue weighted by molar-refractivity contribution is 5.96. The zero-order chi connectivity index (χ0) is 16.7. The molecule has 0 heterocycles. The number of anilines is 3. The van der Waals surface area contributed by atoms with Gasteiger partial charge in [-0.3, -0.25) is 9.59 Å². The Morgan fingerprint density at radius 1 is 0.957 bits per heavy atom. The molecule has 0 saturated carbocycles. The standard InChI is InChI=1S/C18H21N3O2/c1-3-21(17-7-5-4-6-8-17)18(23)13-19-15-9-11-16(12-10-15)20-14(2)22/h4-12,19H,3,13H2,1-2H3,(H,20,22). The number of para-hydroxylation sites is 1. The van der Waals surface area contributed by atoms with Crippen molar-refractivity contribution in [2.45, 2.75) is 13.8 Å². The van der Waals surface area contributed by atoms with Crippen LogP contribution in [-0.2, 0) is 9.59 Å². The molecule has 2 rings (SSSR count). The lowest BCUT2D eigenvalue weighted by molar-refractivity contribution is -0.117. The molecule has 0 aromatic heterocycles. The second kappa shape index (κ2) is 7.98. The van der Waals surface area contributed by atoms with Crippen LogP contribution in [0.2, 0.25) is 0 Å². The first kappa shape index (κ1) is 16.5. The number of hydrogen-bond donors (Lipinski definition) is 2. The van der Waals surface area contributed by atoms with E-state index in [0.29, 0.717) is 6.54 Å². The third-order valence-corrected chi connectivity index (χ3v) is 3.33. The topological polar surface area (TPSA) is 61.4 Å². The number of hydrogen-bond acceptors (Lipinski definition) is 3. The molecule has 0 aliphatic carbocycles. The highest BCUT2D eigenvalue weighted by Gasteiger charge is 2.12. The number of nitrogens with one attached hydrogen (secondary N) is 2. The quantitative estimate of drug-likeness (QED) is 0.861. The average Bonchev–Trinajstić information content (AvgIpc) is 2.55. The predicted molar refractivity (Wildman–Crippen MR) is 93.7 cm³/mol. The van der Waals surface area contributed by atoms with Gasteiger partial charge in [0.25, 0.3) is 0 Å². The fraction of sp³-hybridized carbons (Fsp3) is 0.222. The summed E-state index contributed by atoms with van der Waals surface area (Å²) in [6.07, 6.45) is 0. The first-order chi connectivity index (χ1) is 11.1. The summed E-state index contributed by atoms with van der Waals surface area (Å²) in [7, 11) is 0. The highest BCUT2D eigenvalue weighted by atomic mass is 16.2. The minimum Gasteiger partial charge on any atom is -0.376 e. The Balaban J connectivity index is 1.94. The van der Waals surface area contributed by atoms with E-state index in [2.05, 4.69) is 10.6 Å². The van der Waals surface area contributed by atoms with Crippen molar-refractivity contribution < 1.29 is 9.59 Å². The van der Waals surface area contributed by atoms with E-state index in [9.17, 15) is 9.59 Å². The molecule has 5 heteroatoms. The van der Waals surface area contributed by atoms with Gasteiger partial charge in [-0.2, -0.15) is 0 Å². The van der Waals surface area contributed by atoms with Gasteiger partial charge in [0, 0.05) is 30.5 Å². The van der Waals surface area contributed by atoms with Crippen LogP contribution >= 0.6 is 0 Å². The second-order valence-electron chi connectivity index (χ2n) is 5.09. The van der Waals surface area contributed by atoms with Crippen LogP contribution in [0.25, 0.3) is 0 Å². The molecule has 0 radical (unpaired) electrons. The SMILES string of the molecule is CCN(C(=O)CNc1ccc(NC(C)=O)cc1)c1ccccc1. The minimum atomic E-state index is -0.109. The summed E-state index contributed by atoms with van der Waals surface area (Å²) in [6.45, 7) is 4.25. The predicted octanol–water partition coefficient (Wildman–Crippen LogP) is 3.11. The van der Waals surface area contributed by atoms with Crippen LogP contribution in [-0.4, -0.2) is 24.9 Å². The normalized spacial score (nSPS) is 10.0. The minimum absolute atomic E-state index is 0.00429. The van der Waals surface area contributed by atoms with Gasteiger partial charge in [0.2, 0.25) is 11.8 Å². The van der Waals surface area contributed by atoms with Crippen molar-refractivity contribution in [3.05, 3.63) is 54.6 Å². The molecule has 0 fully saturated rings. The average molecular weight is 311 g/mol. The molecular weight excluding hydrogens is 290 g/mol. The maximum atomic E-state index is 12.4. The molecule has 2 aromatic carbocycles. The van der Waals surface area contributed by atoms with Crippen molar-refractivity contribution in [3.63, 3.8) is 0 Å². The van der Waals surface area contributed by atoms with Crippen LogP contribution in [0.3, 0.4) is 0 Å². The van der Waals surface area contributed by atoms with Gasteiger partial charge in [0.05, 0.1) is 6.54 Å². The van der Waals surface area contributed by atoms with Crippen LogP contribution in [0.15, 0.2) is 54.6 Å². The lowest BCUT2D eigenvalue weighted by Crippen LogP contribution is -2.35. The maximum absolute atomic E-state index is 12.4. The molecule has 0 atom stereocenters. The summed E-state index contributed by atoms with van der Waals surface area (Å²) in [5, 5.41) is 5.81. The molecule has 2 N–H and O–H groups in total. The molecular formula is C18H21N3O2. The van der Waals surface area contributed by atoms with Crippen molar-refractivity contribution in [1.29, 1.82) is 0 Å². The van der Waals surface area contributed by atoms with E-state index >= 15 is 0 Å². The number of likely N-dealkylation sites (N-methyl/N-ethyl adjacent to an activating group) is 1. The third kappa shape index (κ3) is 4.85. The molecule has 0 bridgehead atoms. The van der Waals surface area contributed by atoms with Gasteiger partial charge in [-0.15, -0.1) is 0 Å². The monoisotopic (exact) mass is 311 g/mol. The van der Waals surface area contributed by atoms with Crippen molar-refractivity contribution >= 4 is 28.9 Å². The first-order valence-corrected chi connectivity index (χ1v) is 7.57. The van der Waals surface area contributed by atoms with Crippen LogP contribution in [0.5, 0.6) is 0 Å². The first-order valence-electron chi connectivity index (χ1n) is 7.57. The van der Waals surface area contributed by atoms with E-state index in [1.807, 2.05) is 49.4 Å². The zero-order valence-corrected chi connectivity index (χ0v) is 13.4. The molecule has 0 saturated heterocycles. The van der Waals surface area contributed by atoms with E-state index in [1.54, 1.807) is 17.0 Å². The van der Waals surface area contributed by atoms with Gasteiger partial charge in [-0.1, -0.05) is 18.2 Å². The molecule has 0 aliphatic rings. The van der Waals surface area contributed by atoms with E-state index in [-0.39, 0.29) is 18.4 Å². The van der Waals surface area contributed by atoms with Crippen LogP contribution in [0.1, 0.15) is 13.8 Å². The van der Waals surface area contributed by atoms with Crippen molar-refractivity contribution in [1.82, 2.24) is 0 Å². The molecule has 0 unspecified atom stereocenters. The van der Waals surface area contributed by atoms with E-state index in [0.717, 1.165) is 17.1 Å². The summed E-state index contributed by atoms with van der Waals surface area (Å²) >= 11 is 0. The number of benzene rings is 2. The largest absolute Gasteiger partial charge is 0.376 e. The molecule has 0 spiro atoms. The summed E-state index contributed by atoms with van der Waals surface area (Å²) in [6, 6.07) is 16.9. The Kier molecular flexibility index (Phi) is 5.74. The van der Waals surface area contributed by atoms with Gasteiger partial charge in [-0.05, 0) is 43.3 Å². The molecule has 2 amide bonds. The van der Waals surface area contributed by atoms with Crippen LogP contribution < -0.4 is 15.5 Å².